The number of fused-ring (bicyclic) bond motifs is 3. The number of rotatable bonds is 16. The van der Waals surface area contributed by atoms with E-state index in [2.05, 4.69) is 16.0 Å². The zero-order chi connectivity index (χ0) is 80.7. The Balaban J connectivity index is 1.33. The monoisotopic (exact) mass is 1550 g/mol. The molecule has 6 fully saturated rings. The number of nitrogens with one attached hydrogen (secondary N) is 3. The van der Waals surface area contributed by atoms with E-state index in [1.54, 1.807) is 39.8 Å². The van der Waals surface area contributed by atoms with E-state index in [1.165, 1.54) is 85.8 Å². The third-order valence-electron chi connectivity index (χ3n) is 24.8. The number of unbranched alkanes of at least 4 members (excludes halogenated alkanes) is 1. The summed E-state index contributed by atoms with van der Waals surface area (Å²) in [4.78, 5) is 193. The van der Waals surface area contributed by atoms with E-state index in [4.69, 9.17) is 9.47 Å². The molecule has 3 N–H and O–H groups in total. The zero-order valence-electron chi connectivity index (χ0n) is 66.3. The molecule has 4 aliphatic carbocycles. The number of likely N-dealkylation sites (N-methyl/N-ethyl adjacent to an activating group) is 7. The minimum atomic E-state index is -4.56. The molecule has 7 rings (SSSR count). The topological polar surface area (TPSA) is 289 Å². The van der Waals surface area contributed by atoms with Crippen molar-refractivity contribution in [2.24, 2.45) is 35.5 Å². The molecule has 32 heteroatoms. The molecule has 13 atom stereocenters. The lowest BCUT2D eigenvalue weighted by Gasteiger charge is -2.46. The van der Waals surface area contributed by atoms with Crippen LogP contribution in [-0.2, 0) is 67.0 Å². The summed E-state index contributed by atoms with van der Waals surface area (Å²) in [5, 5.41) is 8.68. The quantitative estimate of drug-likeness (QED) is 0.108. The summed E-state index contributed by atoms with van der Waals surface area (Å²) in [5.74, 6) is -14.0. The molecular formula is C77H122F6N12O14. The van der Waals surface area contributed by atoms with Crippen LogP contribution >= 0.6 is 0 Å². The van der Waals surface area contributed by atoms with Crippen LogP contribution in [0.15, 0.2) is 12.2 Å². The normalized spacial score (nSPS) is 31.1. The molecule has 616 valence electrons. The Kier molecular flexibility index (Phi) is 32.2. The highest BCUT2D eigenvalue weighted by atomic mass is 19.4. The molecule has 109 heavy (non-hydrogen) atoms. The van der Waals surface area contributed by atoms with Crippen LogP contribution in [0, 0.1) is 35.5 Å². The smallest absolute Gasteiger partial charge is 0.381 e. The van der Waals surface area contributed by atoms with E-state index in [-0.39, 0.29) is 129 Å². The number of amides is 12. The van der Waals surface area contributed by atoms with Crippen LogP contribution in [0.2, 0.25) is 0 Å². The summed E-state index contributed by atoms with van der Waals surface area (Å²) < 4.78 is 96.9. The van der Waals surface area contributed by atoms with Gasteiger partial charge in [0.15, 0.2) is 0 Å². The van der Waals surface area contributed by atoms with E-state index >= 15 is 33.6 Å². The summed E-state index contributed by atoms with van der Waals surface area (Å²) in [6, 6.07) is -10.8. The number of methoxy groups -OCH3 is 1. The molecule has 2 saturated heterocycles. The van der Waals surface area contributed by atoms with E-state index in [0.717, 1.165) is 14.7 Å². The Morgan fingerprint density at radius 1 is 0.651 bits per heavy atom. The maximum absolute atomic E-state index is 15.7. The number of ether oxygens (including phenoxy) is 2. The molecule has 0 radical (unpaired) electrons. The van der Waals surface area contributed by atoms with Crippen molar-refractivity contribution in [3.8, 4) is 0 Å². The Morgan fingerprint density at radius 2 is 1.30 bits per heavy atom. The van der Waals surface area contributed by atoms with Gasteiger partial charge in [-0.15, -0.1) is 0 Å². The van der Waals surface area contributed by atoms with Crippen LogP contribution in [0.5, 0.6) is 0 Å². The third-order valence-corrected chi connectivity index (χ3v) is 24.8. The molecule has 0 aromatic rings. The van der Waals surface area contributed by atoms with Crippen molar-refractivity contribution in [3.63, 3.8) is 0 Å². The van der Waals surface area contributed by atoms with Crippen LogP contribution in [0.25, 0.3) is 0 Å². The lowest BCUT2D eigenvalue weighted by Crippen LogP contribution is -2.68. The molecule has 4 saturated carbocycles. The highest BCUT2D eigenvalue weighted by Crippen LogP contribution is 2.45. The van der Waals surface area contributed by atoms with E-state index < -0.39 is 204 Å². The van der Waals surface area contributed by atoms with Gasteiger partial charge in [0, 0.05) is 89.1 Å². The fourth-order valence-electron chi connectivity index (χ4n) is 17.3. The summed E-state index contributed by atoms with van der Waals surface area (Å²) in [7, 11) is 11.0. The van der Waals surface area contributed by atoms with Gasteiger partial charge >= 0.3 is 12.4 Å². The molecule has 3 unspecified atom stereocenters. The third kappa shape index (κ3) is 22.0. The average molecular weight is 1550 g/mol. The minimum absolute atomic E-state index is 0.0365. The average Bonchev–Trinajstić information content (AvgIpc) is 1.74. The van der Waals surface area contributed by atoms with E-state index in [9.17, 15) is 50.3 Å². The van der Waals surface area contributed by atoms with Crippen LogP contribution in [-0.4, -0.2) is 289 Å². The van der Waals surface area contributed by atoms with Crippen molar-refractivity contribution in [1.82, 2.24) is 60.0 Å². The van der Waals surface area contributed by atoms with Crippen molar-refractivity contribution in [2.75, 3.05) is 95.8 Å². The minimum Gasteiger partial charge on any atom is -0.381 e. The summed E-state index contributed by atoms with van der Waals surface area (Å²) in [6.07, 6.45) is -4.45. The number of halogens is 6. The standard InChI is InChI=1S/C77H122F6N12O14/c1-14-18-27-55-66(99)85-64(47(5)15-2)72(105)89(8)46-63(98)91(10)56-28-20-19-23-39-94(71(56)104)59(40-48-29-33-51(34-30-48)76(78,79)80)70(103)88(7)45-61(96)84-54(36-32-49-31-35-53(77(81,82)83)60(41-49)108-13)68(101)95-44-52(109-17-4)42-57(95)67(100)86-75(37-24-38-75)74(107)93(12)65(50-25-21-22-26-50)73(106)92(11)58(43-62(97)90(55)9)69(102)87(6)16-3/h19-20,47-60,64-65H,14-18,21-46H2,1-13H3,(H,84,96)(H,85,99)(H,86,100)/b20-19-/t47-,48?,49?,51?,52+,53?,54-,55-,56-,57-,58-,59-,60?,64-,65-/m0/s1. The highest BCUT2D eigenvalue weighted by molar-refractivity contribution is 6.01. The number of hydrogen-bond donors (Lipinski definition) is 3. The van der Waals surface area contributed by atoms with Crippen LogP contribution in [0.1, 0.15) is 195 Å². The summed E-state index contributed by atoms with van der Waals surface area (Å²) >= 11 is 0. The number of hydrogen-bond acceptors (Lipinski definition) is 14. The summed E-state index contributed by atoms with van der Waals surface area (Å²) in [6.45, 7) is 7.47. The zero-order valence-corrected chi connectivity index (χ0v) is 66.3. The SMILES string of the molecule is CCCC[C@H]1C(=O)N[C@@H]([C@@H](C)CC)C(=O)N(C)CC(=O)N(C)[C@H]2C/C=C\CCN(C2=O)[C@@H](CC2CCC(C(F)(F)F)CC2)C(=O)N(C)CC(=O)N[C@@H](CCC2CCC(C(F)(F)F)C(OC)C2)C(=O)N2C[C@H](OCC)C[C@H]2C(=O)NC2(CCC2)C(=O)N(C)[C@@H](C2CCCC2)C(=O)N(C)[C@H](C(=O)N(C)CC)CC(=O)N1C. The van der Waals surface area contributed by atoms with Gasteiger partial charge in [0.25, 0.3) is 0 Å². The predicted molar refractivity (Wildman–Crippen MR) is 391 cm³/mol. The van der Waals surface area contributed by atoms with Crippen LogP contribution in [0.3, 0.4) is 0 Å². The van der Waals surface area contributed by atoms with E-state index in [1.807, 2.05) is 6.92 Å². The molecule has 0 aromatic heterocycles. The Labute approximate surface area is 638 Å². The molecular weight excluding hydrogens is 1430 g/mol. The van der Waals surface area contributed by atoms with Crippen molar-refractivity contribution < 1.29 is 93.4 Å². The highest BCUT2D eigenvalue weighted by Gasteiger charge is 2.55. The van der Waals surface area contributed by atoms with Crippen LogP contribution < -0.4 is 16.0 Å². The molecule has 1 spiro atoms. The van der Waals surface area contributed by atoms with Gasteiger partial charge in [-0.25, -0.2) is 0 Å². The first-order chi connectivity index (χ1) is 51.4. The van der Waals surface area contributed by atoms with Crippen molar-refractivity contribution in [2.45, 2.75) is 274 Å². The van der Waals surface area contributed by atoms with Gasteiger partial charge in [0.1, 0.15) is 53.9 Å². The van der Waals surface area contributed by atoms with Gasteiger partial charge in [-0.3, -0.25) is 57.5 Å². The van der Waals surface area contributed by atoms with Gasteiger partial charge in [-0.2, -0.15) is 26.3 Å². The molecule has 12 amide bonds. The second kappa shape index (κ2) is 39.4. The molecule has 2 bridgehead atoms. The second-order valence-corrected chi connectivity index (χ2v) is 32.0. The maximum atomic E-state index is 15.7. The Bertz CT molecular complexity index is 3220. The molecule has 26 nitrogen and oxygen atoms in total. The first-order valence-electron chi connectivity index (χ1n) is 39.6. The maximum Gasteiger partial charge on any atom is 0.394 e. The van der Waals surface area contributed by atoms with Crippen molar-refractivity contribution in [3.05, 3.63) is 12.2 Å². The predicted octanol–water partition coefficient (Wildman–Crippen LogP) is 6.61. The fourth-order valence-corrected chi connectivity index (χ4v) is 17.3. The second-order valence-electron chi connectivity index (χ2n) is 32.0. The Hall–Kier alpha value is -7.12. The van der Waals surface area contributed by atoms with Crippen LogP contribution in [0.4, 0.5) is 26.3 Å². The van der Waals surface area contributed by atoms with Gasteiger partial charge in [-0.1, -0.05) is 65.0 Å². The number of alkyl halides is 6. The van der Waals surface area contributed by atoms with Crippen molar-refractivity contribution >= 4 is 70.9 Å². The lowest BCUT2D eigenvalue weighted by atomic mass is 9.74. The number of carbonyl (C=O) groups is 12. The fraction of sp³-hybridized carbons (Fsp3) is 0.818. The number of nitrogens with zero attached hydrogens (tertiary/aromatic N) is 9. The van der Waals surface area contributed by atoms with Gasteiger partial charge in [0.05, 0.1) is 43.6 Å². The first-order valence-corrected chi connectivity index (χ1v) is 39.6. The molecule has 0 aromatic carbocycles. The van der Waals surface area contributed by atoms with Gasteiger partial charge in [0.2, 0.25) is 70.9 Å². The Morgan fingerprint density at radius 3 is 1.89 bits per heavy atom. The largest absolute Gasteiger partial charge is 0.394 e. The molecule has 7 aliphatic rings. The van der Waals surface area contributed by atoms with Gasteiger partial charge < -0.3 is 69.5 Å². The van der Waals surface area contributed by atoms with Crippen molar-refractivity contribution in [1.29, 1.82) is 0 Å². The van der Waals surface area contributed by atoms with E-state index in [0.29, 0.717) is 51.4 Å². The summed E-state index contributed by atoms with van der Waals surface area (Å²) in [5.41, 5.74) is -1.63. The first kappa shape index (κ1) is 89.1. The number of carbonyl (C=O) groups excluding carboxylic acids is 12. The molecule has 3 aliphatic heterocycles. The lowest BCUT2D eigenvalue weighted by molar-refractivity contribution is -0.215. The van der Waals surface area contributed by atoms with Gasteiger partial charge in [-0.05, 0) is 153 Å². The molecule has 3 heterocycles.